The van der Waals surface area contributed by atoms with Gasteiger partial charge in [0.1, 0.15) is 11.5 Å². The molecular weight excluding hydrogens is 396 g/mol. The largest absolute Gasteiger partial charge is 0.493 e. The smallest absolute Gasteiger partial charge is 0.277 e. The second-order valence-electron chi connectivity index (χ2n) is 5.92. The SMILES string of the molecule is CCOc1ccc(Br)cc1/C=N\NC(=O)COc1ccc(C(C)C)cc1. The number of ether oxygens (including phenoxy) is 2. The molecule has 0 aromatic heterocycles. The fourth-order valence-corrected chi connectivity index (χ4v) is 2.59. The van der Waals surface area contributed by atoms with Crippen LogP contribution < -0.4 is 14.9 Å². The van der Waals surface area contributed by atoms with E-state index < -0.39 is 0 Å². The number of nitrogens with zero attached hydrogens (tertiary/aromatic N) is 1. The maximum Gasteiger partial charge on any atom is 0.277 e. The van der Waals surface area contributed by atoms with Crippen molar-refractivity contribution in [3.05, 3.63) is 58.1 Å². The molecule has 0 heterocycles. The van der Waals surface area contributed by atoms with E-state index in [1.807, 2.05) is 49.4 Å². The molecule has 0 bridgehead atoms. The summed E-state index contributed by atoms with van der Waals surface area (Å²) in [4.78, 5) is 11.9. The maximum atomic E-state index is 11.9. The van der Waals surface area contributed by atoms with Gasteiger partial charge < -0.3 is 9.47 Å². The van der Waals surface area contributed by atoms with Gasteiger partial charge in [0.2, 0.25) is 0 Å². The Bertz CT molecular complexity index is 758. The van der Waals surface area contributed by atoms with Gasteiger partial charge in [-0.25, -0.2) is 5.43 Å². The van der Waals surface area contributed by atoms with Gasteiger partial charge in [-0.2, -0.15) is 5.10 Å². The highest BCUT2D eigenvalue weighted by molar-refractivity contribution is 9.10. The zero-order valence-corrected chi connectivity index (χ0v) is 16.7. The zero-order valence-electron chi connectivity index (χ0n) is 15.2. The van der Waals surface area contributed by atoms with E-state index in [1.165, 1.54) is 5.56 Å². The van der Waals surface area contributed by atoms with Crippen LogP contribution in [-0.4, -0.2) is 25.3 Å². The Labute approximate surface area is 162 Å². The van der Waals surface area contributed by atoms with E-state index >= 15 is 0 Å². The fourth-order valence-electron chi connectivity index (χ4n) is 2.21. The number of carbonyl (C=O) groups excluding carboxylic acids is 1. The number of amides is 1. The Kier molecular flexibility index (Phi) is 7.66. The Balaban J connectivity index is 1.86. The van der Waals surface area contributed by atoms with Crippen molar-refractivity contribution in [2.75, 3.05) is 13.2 Å². The lowest BCUT2D eigenvalue weighted by atomic mass is 10.0. The lowest BCUT2D eigenvalue weighted by Crippen LogP contribution is -2.24. The third-order valence-corrected chi connectivity index (χ3v) is 4.07. The fraction of sp³-hybridized carbons (Fsp3) is 0.300. The molecule has 0 fully saturated rings. The van der Waals surface area contributed by atoms with Crippen LogP contribution in [0.5, 0.6) is 11.5 Å². The van der Waals surface area contributed by atoms with Crippen LogP contribution in [0.15, 0.2) is 52.0 Å². The summed E-state index contributed by atoms with van der Waals surface area (Å²) in [6.07, 6.45) is 1.55. The van der Waals surface area contributed by atoms with Gasteiger partial charge in [-0.15, -0.1) is 0 Å². The third kappa shape index (κ3) is 6.19. The van der Waals surface area contributed by atoms with Gasteiger partial charge in [-0.3, -0.25) is 4.79 Å². The van der Waals surface area contributed by atoms with Crippen LogP contribution in [0.25, 0.3) is 0 Å². The van der Waals surface area contributed by atoms with Gasteiger partial charge in [0, 0.05) is 10.0 Å². The number of hydrazone groups is 1. The Morgan fingerprint density at radius 2 is 1.92 bits per heavy atom. The Morgan fingerprint density at radius 1 is 1.19 bits per heavy atom. The lowest BCUT2D eigenvalue weighted by Gasteiger charge is -2.08. The third-order valence-electron chi connectivity index (χ3n) is 3.58. The van der Waals surface area contributed by atoms with Gasteiger partial charge in [-0.05, 0) is 48.7 Å². The van der Waals surface area contributed by atoms with Crippen LogP contribution in [0.4, 0.5) is 0 Å². The predicted molar refractivity (Wildman–Crippen MR) is 107 cm³/mol. The Morgan fingerprint density at radius 3 is 2.58 bits per heavy atom. The van der Waals surface area contributed by atoms with E-state index in [0.29, 0.717) is 24.0 Å². The lowest BCUT2D eigenvalue weighted by molar-refractivity contribution is -0.123. The van der Waals surface area contributed by atoms with Crippen molar-refractivity contribution in [3.8, 4) is 11.5 Å². The highest BCUT2D eigenvalue weighted by Gasteiger charge is 2.05. The molecule has 0 aliphatic heterocycles. The molecule has 1 amide bonds. The predicted octanol–water partition coefficient (Wildman–Crippen LogP) is 4.50. The molecule has 0 saturated heterocycles. The number of halogens is 1. The van der Waals surface area contributed by atoms with Crippen molar-refractivity contribution < 1.29 is 14.3 Å². The Hall–Kier alpha value is -2.34. The molecule has 1 N–H and O–H groups in total. The molecule has 0 saturated carbocycles. The van der Waals surface area contributed by atoms with Crippen LogP contribution in [-0.2, 0) is 4.79 Å². The summed E-state index contributed by atoms with van der Waals surface area (Å²) in [6.45, 7) is 6.62. The summed E-state index contributed by atoms with van der Waals surface area (Å²) >= 11 is 3.41. The molecule has 26 heavy (non-hydrogen) atoms. The van der Waals surface area contributed by atoms with Crippen LogP contribution >= 0.6 is 15.9 Å². The molecule has 2 aromatic carbocycles. The second-order valence-corrected chi connectivity index (χ2v) is 6.84. The van der Waals surface area contributed by atoms with E-state index in [9.17, 15) is 4.79 Å². The highest BCUT2D eigenvalue weighted by atomic mass is 79.9. The van der Waals surface area contributed by atoms with Gasteiger partial charge >= 0.3 is 0 Å². The standard InChI is InChI=1S/C20H23BrN2O3/c1-4-25-19-10-7-17(21)11-16(19)12-22-23-20(24)13-26-18-8-5-15(6-9-18)14(2)3/h5-12,14H,4,13H2,1-3H3,(H,23,24)/b22-12-. The van der Waals surface area contributed by atoms with E-state index in [4.69, 9.17) is 9.47 Å². The van der Waals surface area contributed by atoms with Crippen LogP contribution in [0.3, 0.4) is 0 Å². The molecule has 138 valence electrons. The van der Waals surface area contributed by atoms with Crippen molar-refractivity contribution >= 4 is 28.1 Å². The number of nitrogens with one attached hydrogen (secondary N) is 1. The summed E-state index contributed by atoms with van der Waals surface area (Å²) in [5.41, 5.74) is 4.45. The molecule has 0 atom stereocenters. The molecule has 0 aliphatic carbocycles. The topological polar surface area (TPSA) is 59.9 Å². The summed E-state index contributed by atoms with van der Waals surface area (Å²) in [6, 6.07) is 13.3. The summed E-state index contributed by atoms with van der Waals surface area (Å²) in [5.74, 6) is 1.48. The van der Waals surface area contributed by atoms with Crippen molar-refractivity contribution in [1.29, 1.82) is 0 Å². The van der Waals surface area contributed by atoms with Crippen molar-refractivity contribution in [2.45, 2.75) is 26.7 Å². The van der Waals surface area contributed by atoms with E-state index in [1.54, 1.807) is 6.21 Å². The average molecular weight is 419 g/mol. The molecule has 5 nitrogen and oxygen atoms in total. The number of hydrogen-bond acceptors (Lipinski definition) is 4. The van der Waals surface area contributed by atoms with Crippen LogP contribution in [0, 0.1) is 0 Å². The van der Waals surface area contributed by atoms with Gasteiger partial charge in [0.05, 0.1) is 12.8 Å². The first-order chi connectivity index (χ1) is 12.5. The van der Waals surface area contributed by atoms with Crippen molar-refractivity contribution in [2.24, 2.45) is 5.10 Å². The van der Waals surface area contributed by atoms with Crippen molar-refractivity contribution in [1.82, 2.24) is 5.43 Å². The van der Waals surface area contributed by atoms with Crippen LogP contribution in [0.1, 0.15) is 37.8 Å². The molecule has 2 aromatic rings. The molecule has 0 radical (unpaired) electrons. The number of rotatable bonds is 8. The first kappa shape index (κ1) is 20.0. The minimum Gasteiger partial charge on any atom is -0.493 e. The second kappa shape index (κ2) is 9.97. The van der Waals surface area contributed by atoms with Gasteiger partial charge in [0.15, 0.2) is 6.61 Å². The minimum absolute atomic E-state index is 0.102. The molecule has 0 spiro atoms. The minimum atomic E-state index is -0.331. The summed E-state index contributed by atoms with van der Waals surface area (Å²) in [5, 5.41) is 3.97. The van der Waals surface area contributed by atoms with Gasteiger partial charge in [0.25, 0.3) is 5.91 Å². The quantitative estimate of drug-likeness (QED) is 0.506. The number of carbonyl (C=O) groups is 1. The molecular formula is C20H23BrN2O3. The van der Waals surface area contributed by atoms with Crippen molar-refractivity contribution in [3.63, 3.8) is 0 Å². The summed E-state index contributed by atoms with van der Waals surface area (Å²) < 4.78 is 11.9. The first-order valence-corrected chi connectivity index (χ1v) is 9.26. The first-order valence-electron chi connectivity index (χ1n) is 8.46. The highest BCUT2D eigenvalue weighted by Crippen LogP contribution is 2.21. The van der Waals surface area contributed by atoms with E-state index in [0.717, 1.165) is 10.0 Å². The zero-order chi connectivity index (χ0) is 18.9. The molecule has 0 unspecified atom stereocenters. The molecule has 2 rings (SSSR count). The molecule has 0 aliphatic rings. The number of benzene rings is 2. The normalized spacial score (nSPS) is 11.0. The molecule has 6 heteroatoms. The van der Waals surface area contributed by atoms with Crippen LogP contribution in [0.2, 0.25) is 0 Å². The monoisotopic (exact) mass is 418 g/mol. The maximum absolute atomic E-state index is 11.9. The van der Waals surface area contributed by atoms with E-state index in [-0.39, 0.29) is 12.5 Å². The van der Waals surface area contributed by atoms with Gasteiger partial charge in [-0.1, -0.05) is 41.9 Å². The average Bonchev–Trinajstić information content (AvgIpc) is 2.62. The summed E-state index contributed by atoms with van der Waals surface area (Å²) in [7, 11) is 0. The van der Waals surface area contributed by atoms with E-state index in [2.05, 4.69) is 40.3 Å². The number of hydrogen-bond donors (Lipinski definition) is 1.